The van der Waals surface area contributed by atoms with E-state index in [1.165, 1.54) is 29.9 Å². The predicted molar refractivity (Wildman–Crippen MR) is 124 cm³/mol. The number of rotatable bonds is 8. The number of hydrogen-bond acceptors (Lipinski definition) is 6. The first-order valence-corrected chi connectivity index (χ1v) is 10.6. The molecule has 34 heavy (non-hydrogen) atoms. The maximum Gasteiger partial charge on any atom is 0.300 e. The molecule has 0 aliphatic rings. The van der Waals surface area contributed by atoms with Crippen LogP contribution < -0.4 is 20.3 Å². The Bertz CT molecular complexity index is 1400. The third kappa shape index (κ3) is 4.75. The van der Waals surface area contributed by atoms with Gasteiger partial charge < -0.3 is 14.8 Å². The molecule has 2 heterocycles. The minimum atomic E-state index is -0.438. The highest BCUT2D eigenvalue weighted by Gasteiger charge is 2.17. The number of ether oxygens (including phenoxy) is 2. The number of nitrogens with zero attached hydrogens (tertiary/aromatic N) is 4. The second-order valence-electron chi connectivity index (χ2n) is 7.89. The van der Waals surface area contributed by atoms with Crippen molar-refractivity contribution in [1.82, 2.24) is 19.2 Å². The third-order valence-corrected chi connectivity index (χ3v) is 5.36. The molecule has 2 aromatic carbocycles. The van der Waals surface area contributed by atoms with Crippen molar-refractivity contribution in [2.45, 2.75) is 19.8 Å². The third-order valence-electron chi connectivity index (χ3n) is 5.36. The lowest BCUT2D eigenvalue weighted by Crippen LogP contribution is -2.21. The Morgan fingerprint density at radius 1 is 1.09 bits per heavy atom. The lowest BCUT2D eigenvalue weighted by Gasteiger charge is -2.13. The van der Waals surface area contributed by atoms with Crippen molar-refractivity contribution in [2.75, 3.05) is 19.5 Å². The normalized spacial score (nSPS) is 11.9. The van der Waals surface area contributed by atoms with Gasteiger partial charge in [-0.2, -0.15) is 0 Å². The summed E-state index contributed by atoms with van der Waals surface area (Å²) in [6, 6.07) is 10.9. The highest BCUT2D eigenvalue weighted by Crippen LogP contribution is 2.29. The first-order chi connectivity index (χ1) is 16.4. The van der Waals surface area contributed by atoms with Crippen LogP contribution in [-0.4, -0.2) is 39.3 Å². The maximum atomic E-state index is 13.6. The highest BCUT2D eigenvalue weighted by molar-refractivity contribution is 5.91. The number of anilines is 1. The van der Waals surface area contributed by atoms with Crippen LogP contribution in [0.2, 0.25) is 0 Å². The average molecular weight is 465 g/mol. The summed E-state index contributed by atoms with van der Waals surface area (Å²) in [5, 5.41) is 11.0. The number of aromatic nitrogens is 4. The molecular weight excluding hydrogens is 441 g/mol. The average Bonchev–Trinajstić information content (AvgIpc) is 3.22. The van der Waals surface area contributed by atoms with Crippen molar-refractivity contribution in [3.05, 3.63) is 76.9 Å². The van der Waals surface area contributed by atoms with E-state index in [4.69, 9.17) is 9.47 Å². The summed E-state index contributed by atoms with van der Waals surface area (Å²) in [5.74, 6) is 0.980. The van der Waals surface area contributed by atoms with Crippen LogP contribution >= 0.6 is 0 Å². The van der Waals surface area contributed by atoms with Crippen LogP contribution in [0.4, 0.5) is 10.1 Å². The van der Waals surface area contributed by atoms with Crippen molar-refractivity contribution in [3.8, 4) is 17.2 Å². The molecule has 1 atom stereocenters. The fraction of sp³-hybridized carbons (Fsp3) is 0.250. The van der Waals surface area contributed by atoms with Gasteiger partial charge in [0.1, 0.15) is 11.6 Å². The number of halogens is 1. The van der Waals surface area contributed by atoms with E-state index in [0.717, 1.165) is 0 Å². The smallest absolute Gasteiger partial charge is 0.300 e. The zero-order valence-corrected chi connectivity index (χ0v) is 19.0. The van der Waals surface area contributed by atoms with Crippen molar-refractivity contribution in [2.24, 2.45) is 5.92 Å². The monoisotopic (exact) mass is 465 g/mol. The fourth-order valence-electron chi connectivity index (χ4n) is 3.73. The summed E-state index contributed by atoms with van der Waals surface area (Å²) in [7, 11) is 3.07. The molecule has 0 aliphatic heterocycles. The Balaban J connectivity index is 1.46. The van der Waals surface area contributed by atoms with Gasteiger partial charge in [-0.3, -0.25) is 18.6 Å². The van der Waals surface area contributed by atoms with Crippen LogP contribution in [-0.2, 0) is 11.2 Å². The molecule has 4 rings (SSSR count). The van der Waals surface area contributed by atoms with E-state index in [-0.39, 0.29) is 23.9 Å². The molecule has 0 saturated heterocycles. The number of carbonyl (C=O) groups is 1. The molecule has 0 radical (unpaired) electrons. The maximum absolute atomic E-state index is 13.6. The van der Waals surface area contributed by atoms with Crippen LogP contribution in [0.15, 0.2) is 59.7 Å². The van der Waals surface area contributed by atoms with Crippen molar-refractivity contribution in [1.29, 1.82) is 0 Å². The van der Waals surface area contributed by atoms with Crippen LogP contribution in [0, 0.1) is 11.7 Å². The molecule has 0 spiro atoms. The molecule has 176 valence electrons. The van der Waals surface area contributed by atoms with E-state index in [9.17, 15) is 14.0 Å². The van der Waals surface area contributed by atoms with Gasteiger partial charge in [0, 0.05) is 37.0 Å². The number of nitrogens with one attached hydrogen (secondary N) is 1. The number of carbonyl (C=O) groups excluding carboxylic acids is 1. The summed E-state index contributed by atoms with van der Waals surface area (Å²) >= 11 is 0. The molecule has 0 saturated carbocycles. The van der Waals surface area contributed by atoms with E-state index in [2.05, 4.69) is 15.5 Å². The van der Waals surface area contributed by atoms with Gasteiger partial charge in [0.05, 0.1) is 19.9 Å². The van der Waals surface area contributed by atoms with Gasteiger partial charge in [-0.15, -0.1) is 10.2 Å². The molecule has 1 amide bonds. The van der Waals surface area contributed by atoms with Crippen molar-refractivity contribution < 1.29 is 18.7 Å². The number of amides is 1. The van der Waals surface area contributed by atoms with E-state index in [1.807, 2.05) is 6.92 Å². The lowest BCUT2D eigenvalue weighted by atomic mass is 10.0. The molecule has 0 aliphatic carbocycles. The first kappa shape index (κ1) is 23.0. The molecule has 1 N–H and O–H groups in total. The minimum absolute atomic E-state index is 0.0711. The van der Waals surface area contributed by atoms with Gasteiger partial charge >= 0.3 is 5.56 Å². The topological polar surface area (TPSA) is 99.8 Å². The summed E-state index contributed by atoms with van der Waals surface area (Å²) in [5.41, 5.74) is 0.715. The lowest BCUT2D eigenvalue weighted by molar-refractivity contribution is -0.116. The quantitative estimate of drug-likeness (QED) is 0.429. The number of benzene rings is 2. The largest absolute Gasteiger partial charge is 0.493 e. The van der Waals surface area contributed by atoms with E-state index in [0.29, 0.717) is 35.1 Å². The van der Waals surface area contributed by atoms with E-state index < -0.39 is 11.4 Å². The van der Waals surface area contributed by atoms with Crippen molar-refractivity contribution >= 4 is 17.2 Å². The zero-order chi connectivity index (χ0) is 24.2. The van der Waals surface area contributed by atoms with Gasteiger partial charge in [-0.25, -0.2) is 4.39 Å². The fourth-order valence-corrected chi connectivity index (χ4v) is 3.73. The molecule has 4 aromatic rings. The van der Waals surface area contributed by atoms with Crippen LogP contribution in [0.1, 0.15) is 19.2 Å². The van der Waals surface area contributed by atoms with Gasteiger partial charge in [0.15, 0.2) is 11.5 Å². The van der Waals surface area contributed by atoms with Gasteiger partial charge in [0.25, 0.3) is 0 Å². The van der Waals surface area contributed by atoms with Crippen LogP contribution in [0.25, 0.3) is 11.3 Å². The number of methoxy groups -OCH3 is 2. The second-order valence-corrected chi connectivity index (χ2v) is 7.89. The summed E-state index contributed by atoms with van der Waals surface area (Å²) in [6.07, 6.45) is 3.88. The van der Waals surface area contributed by atoms with Gasteiger partial charge in [-0.1, -0.05) is 13.0 Å². The standard InChI is InChI=1S/C24H24FN5O4/c1-15(12-22(31)26-17-7-8-19(33-2)20(14-17)34-3)11-21-27-28-23-24(32)29(9-10-30(21)23)18-6-4-5-16(25)13-18/h4-10,13-15H,11-12H2,1-3H3,(H,26,31)/t15-/m1/s1. The van der Waals surface area contributed by atoms with E-state index in [1.54, 1.807) is 48.2 Å². The molecule has 2 aromatic heterocycles. The SMILES string of the molecule is COc1ccc(NC(=O)C[C@H](C)Cc2nnc3c(=O)n(-c4cccc(F)c4)ccn23)cc1OC. The summed E-state index contributed by atoms with van der Waals surface area (Å²) < 4.78 is 27.0. The number of hydrogen-bond donors (Lipinski definition) is 1. The van der Waals surface area contributed by atoms with Crippen molar-refractivity contribution in [3.63, 3.8) is 0 Å². The minimum Gasteiger partial charge on any atom is -0.493 e. The number of fused-ring (bicyclic) bond motifs is 1. The Morgan fingerprint density at radius 2 is 1.88 bits per heavy atom. The van der Waals surface area contributed by atoms with Gasteiger partial charge in [0.2, 0.25) is 11.6 Å². The Morgan fingerprint density at radius 3 is 2.62 bits per heavy atom. The molecular formula is C24H24FN5O4. The molecule has 10 heteroatoms. The first-order valence-electron chi connectivity index (χ1n) is 10.6. The summed E-state index contributed by atoms with van der Waals surface area (Å²) in [4.78, 5) is 25.4. The highest BCUT2D eigenvalue weighted by atomic mass is 19.1. The second kappa shape index (κ2) is 9.74. The summed E-state index contributed by atoms with van der Waals surface area (Å²) in [6.45, 7) is 1.92. The Hall–Kier alpha value is -4.21. The molecule has 0 bridgehead atoms. The van der Waals surface area contributed by atoms with Gasteiger partial charge in [-0.05, 0) is 36.2 Å². The predicted octanol–water partition coefficient (Wildman–Crippen LogP) is 3.24. The Labute approximate surface area is 194 Å². The zero-order valence-electron chi connectivity index (χ0n) is 19.0. The van der Waals surface area contributed by atoms with Crippen LogP contribution in [0.3, 0.4) is 0 Å². The molecule has 0 fully saturated rings. The molecule has 9 nitrogen and oxygen atoms in total. The van der Waals surface area contributed by atoms with E-state index >= 15 is 0 Å². The Kier molecular flexibility index (Phi) is 6.58. The van der Waals surface area contributed by atoms with Crippen LogP contribution in [0.5, 0.6) is 11.5 Å². The molecule has 0 unspecified atom stereocenters.